The maximum Gasteiger partial charge on any atom is 0.243 e. The fraction of sp³-hybridized carbons (Fsp3) is 0.400. The van der Waals surface area contributed by atoms with E-state index in [2.05, 4.69) is 10.2 Å². The van der Waals surface area contributed by atoms with E-state index in [0.717, 1.165) is 43.7 Å². The van der Waals surface area contributed by atoms with Gasteiger partial charge in [0.15, 0.2) is 0 Å². The number of nitrogens with zero attached hydrogens (tertiary/aromatic N) is 2. The summed E-state index contributed by atoms with van der Waals surface area (Å²) >= 11 is 0. The number of sulfonamides is 1. The van der Waals surface area contributed by atoms with Crippen molar-refractivity contribution >= 4 is 22.4 Å². The normalized spacial score (nSPS) is 21.7. The standard InChI is InChI=1S/C20H25N3O2S.ClH/c24-26(25,23-13-10-19(16-23)22-14-11-21-12-15-22)20-8-6-18(7-9-20)17-4-2-1-3-5-17;/h1-9,19,21H,10-16H2;1H. The zero-order chi connectivity index (χ0) is 18.0. The lowest BCUT2D eigenvalue weighted by molar-refractivity contribution is 0.179. The summed E-state index contributed by atoms with van der Waals surface area (Å²) in [6.07, 6.45) is 0.918. The molecule has 1 unspecified atom stereocenters. The Morgan fingerprint density at radius 3 is 2.15 bits per heavy atom. The van der Waals surface area contributed by atoms with Crippen LogP contribution in [0.25, 0.3) is 11.1 Å². The maximum absolute atomic E-state index is 13.0. The second-order valence-electron chi connectivity index (χ2n) is 6.98. The van der Waals surface area contributed by atoms with Gasteiger partial charge in [0.2, 0.25) is 10.0 Å². The van der Waals surface area contributed by atoms with Crippen LogP contribution in [-0.4, -0.2) is 62.9 Å². The molecule has 2 fully saturated rings. The van der Waals surface area contributed by atoms with E-state index in [-0.39, 0.29) is 12.4 Å². The first-order valence-electron chi connectivity index (χ1n) is 9.25. The molecule has 0 aliphatic carbocycles. The summed E-state index contributed by atoms with van der Waals surface area (Å²) in [6.45, 7) is 5.20. The lowest BCUT2D eigenvalue weighted by Crippen LogP contribution is -2.49. The van der Waals surface area contributed by atoms with Gasteiger partial charge in [-0.3, -0.25) is 4.90 Å². The molecular weight excluding hydrogens is 382 g/mol. The third-order valence-electron chi connectivity index (χ3n) is 5.39. The fourth-order valence-electron chi connectivity index (χ4n) is 3.87. The number of nitrogens with one attached hydrogen (secondary N) is 1. The number of hydrogen-bond donors (Lipinski definition) is 1. The number of hydrogen-bond acceptors (Lipinski definition) is 4. The lowest BCUT2D eigenvalue weighted by atomic mass is 10.1. The first-order valence-corrected chi connectivity index (χ1v) is 10.7. The molecule has 0 aromatic heterocycles. The molecule has 7 heteroatoms. The second kappa shape index (κ2) is 8.71. The van der Waals surface area contributed by atoms with Gasteiger partial charge in [-0.25, -0.2) is 8.42 Å². The fourth-order valence-corrected chi connectivity index (χ4v) is 5.37. The number of rotatable bonds is 4. The molecule has 2 heterocycles. The predicted molar refractivity (Wildman–Crippen MR) is 111 cm³/mol. The Morgan fingerprint density at radius 1 is 0.852 bits per heavy atom. The average Bonchev–Trinajstić information content (AvgIpc) is 3.21. The average molecular weight is 408 g/mol. The van der Waals surface area contributed by atoms with Gasteiger partial charge in [0.25, 0.3) is 0 Å². The summed E-state index contributed by atoms with van der Waals surface area (Å²) in [5.41, 5.74) is 2.13. The van der Waals surface area contributed by atoms with Gasteiger partial charge < -0.3 is 5.32 Å². The summed E-state index contributed by atoms with van der Waals surface area (Å²) in [7, 11) is -3.42. The van der Waals surface area contributed by atoms with Crippen molar-refractivity contribution in [1.82, 2.24) is 14.5 Å². The van der Waals surface area contributed by atoms with Crippen molar-refractivity contribution < 1.29 is 8.42 Å². The molecule has 5 nitrogen and oxygen atoms in total. The Morgan fingerprint density at radius 2 is 1.48 bits per heavy atom. The molecule has 1 N–H and O–H groups in total. The third kappa shape index (κ3) is 4.36. The smallest absolute Gasteiger partial charge is 0.243 e. The Kier molecular flexibility index (Phi) is 6.55. The lowest BCUT2D eigenvalue weighted by Gasteiger charge is -2.32. The molecule has 0 saturated carbocycles. The topological polar surface area (TPSA) is 52.7 Å². The zero-order valence-electron chi connectivity index (χ0n) is 15.3. The van der Waals surface area contributed by atoms with Crippen LogP contribution in [0, 0.1) is 0 Å². The van der Waals surface area contributed by atoms with Crippen molar-refractivity contribution in [2.24, 2.45) is 0 Å². The van der Waals surface area contributed by atoms with E-state index in [1.165, 1.54) is 0 Å². The van der Waals surface area contributed by atoms with Crippen LogP contribution in [0.1, 0.15) is 6.42 Å². The first-order chi connectivity index (χ1) is 12.6. The highest BCUT2D eigenvalue weighted by Gasteiger charge is 2.35. The minimum Gasteiger partial charge on any atom is -0.314 e. The number of piperazine rings is 1. The molecule has 2 aromatic rings. The molecule has 0 amide bonds. The molecule has 2 saturated heterocycles. The van der Waals surface area contributed by atoms with Crippen LogP contribution in [0.5, 0.6) is 0 Å². The second-order valence-corrected chi connectivity index (χ2v) is 8.92. The molecular formula is C20H26ClN3O2S. The molecule has 4 rings (SSSR count). The minimum atomic E-state index is -3.42. The highest BCUT2D eigenvalue weighted by Crippen LogP contribution is 2.26. The monoisotopic (exact) mass is 407 g/mol. The van der Waals surface area contributed by atoms with E-state index in [1.54, 1.807) is 16.4 Å². The van der Waals surface area contributed by atoms with Crippen molar-refractivity contribution in [2.75, 3.05) is 39.3 Å². The molecule has 146 valence electrons. The summed E-state index contributed by atoms with van der Waals surface area (Å²) in [4.78, 5) is 2.81. The van der Waals surface area contributed by atoms with E-state index in [1.807, 2.05) is 42.5 Å². The number of halogens is 1. The summed E-state index contributed by atoms with van der Waals surface area (Å²) in [5, 5.41) is 3.35. The van der Waals surface area contributed by atoms with Crippen LogP contribution in [0.15, 0.2) is 59.5 Å². The van der Waals surface area contributed by atoms with E-state index >= 15 is 0 Å². The van der Waals surface area contributed by atoms with Crippen molar-refractivity contribution in [3.63, 3.8) is 0 Å². The Bertz CT molecular complexity index is 837. The molecule has 0 radical (unpaired) electrons. The molecule has 0 spiro atoms. The van der Waals surface area contributed by atoms with Crippen LogP contribution in [0.3, 0.4) is 0 Å². The van der Waals surface area contributed by atoms with E-state index < -0.39 is 10.0 Å². The zero-order valence-corrected chi connectivity index (χ0v) is 16.9. The maximum atomic E-state index is 13.0. The molecule has 27 heavy (non-hydrogen) atoms. The third-order valence-corrected chi connectivity index (χ3v) is 7.27. The Balaban J connectivity index is 0.00000210. The van der Waals surface area contributed by atoms with Crippen molar-refractivity contribution in [1.29, 1.82) is 0 Å². The molecule has 2 aliphatic heterocycles. The van der Waals surface area contributed by atoms with Crippen LogP contribution < -0.4 is 5.32 Å². The van der Waals surface area contributed by atoms with Crippen LogP contribution in [0.4, 0.5) is 0 Å². The van der Waals surface area contributed by atoms with Gasteiger partial charge in [0.05, 0.1) is 4.90 Å². The highest BCUT2D eigenvalue weighted by atomic mass is 35.5. The molecule has 1 atom stereocenters. The van der Waals surface area contributed by atoms with Crippen LogP contribution >= 0.6 is 12.4 Å². The van der Waals surface area contributed by atoms with Gasteiger partial charge in [0.1, 0.15) is 0 Å². The van der Waals surface area contributed by atoms with Gasteiger partial charge in [-0.2, -0.15) is 4.31 Å². The Hall–Kier alpha value is -1.44. The first kappa shape index (κ1) is 20.3. The van der Waals surface area contributed by atoms with Crippen molar-refractivity contribution in [3.05, 3.63) is 54.6 Å². The van der Waals surface area contributed by atoms with Crippen molar-refractivity contribution in [3.8, 4) is 11.1 Å². The summed E-state index contributed by atoms with van der Waals surface area (Å²) < 4.78 is 27.7. The largest absolute Gasteiger partial charge is 0.314 e. The minimum absolute atomic E-state index is 0. The van der Waals surface area contributed by atoms with Gasteiger partial charge in [-0.15, -0.1) is 12.4 Å². The van der Waals surface area contributed by atoms with E-state index in [9.17, 15) is 8.42 Å². The SMILES string of the molecule is Cl.O=S(=O)(c1ccc(-c2ccccc2)cc1)N1CCC(N2CCNCC2)C1. The quantitative estimate of drug-likeness (QED) is 0.845. The molecule has 2 aromatic carbocycles. The number of benzene rings is 2. The van der Waals surface area contributed by atoms with Crippen molar-refractivity contribution in [2.45, 2.75) is 17.4 Å². The summed E-state index contributed by atoms with van der Waals surface area (Å²) in [6, 6.07) is 17.6. The van der Waals surface area contributed by atoms with Gasteiger partial charge >= 0.3 is 0 Å². The van der Waals surface area contributed by atoms with E-state index in [0.29, 0.717) is 24.0 Å². The van der Waals surface area contributed by atoms with Crippen LogP contribution in [0.2, 0.25) is 0 Å². The molecule has 0 bridgehead atoms. The Labute approximate surface area is 167 Å². The van der Waals surface area contributed by atoms with E-state index in [4.69, 9.17) is 0 Å². The highest BCUT2D eigenvalue weighted by molar-refractivity contribution is 7.89. The molecule has 2 aliphatic rings. The van der Waals surface area contributed by atoms with Gasteiger partial charge in [0, 0.05) is 45.3 Å². The van der Waals surface area contributed by atoms with Gasteiger partial charge in [-0.1, -0.05) is 42.5 Å². The predicted octanol–water partition coefficient (Wildman–Crippen LogP) is 2.44. The summed E-state index contributed by atoms with van der Waals surface area (Å²) in [5.74, 6) is 0. The van der Waals surface area contributed by atoms with Crippen LogP contribution in [-0.2, 0) is 10.0 Å². The van der Waals surface area contributed by atoms with Gasteiger partial charge in [-0.05, 0) is 29.7 Å².